The SMILES string of the molecule is Cc1cc(C)cc(OCC(=O)NC(C)CCc2ccccc2)c1. The largest absolute Gasteiger partial charge is 0.484 e. The summed E-state index contributed by atoms with van der Waals surface area (Å²) in [7, 11) is 0. The van der Waals surface area contributed by atoms with Crippen LogP contribution in [0.25, 0.3) is 0 Å². The van der Waals surface area contributed by atoms with Crippen molar-refractivity contribution >= 4 is 5.91 Å². The van der Waals surface area contributed by atoms with Crippen LogP contribution >= 0.6 is 0 Å². The molecular weight excluding hydrogens is 286 g/mol. The van der Waals surface area contributed by atoms with Gasteiger partial charge in [-0.2, -0.15) is 0 Å². The first-order chi connectivity index (χ1) is 11.0. The molecule has 3 nitrogen and oxygen atoms in total. The molecule has 1 amide bonds. The molecule has 1 N–H and O–H groups in total. The van der Waals surface area contributed by atoms with Crippen LogP contribution in [-0.2, 0) is 11.2 Å². The van der Waals surface area contributed by atoms with Crippen molar-refractivity contribution in [1.82, 2.24) is 5.32 Å². The Morgan fingerprint density at radius 1 is 1.09 bits per heavy atom. The zero-order valence-electron chi connectivity index (χ0n) is 14.1. The summed E-state index contributed by atoms with van der Waals surface area (Å²) in [5.74, 6) is 0.666. The summed E-state index contributed by atoms with van der Waals surface area (Å²) >= 11 is 0. The number of benzene rings is 2. The lowest BCUT2D eigenvalue weighted by Crippen LogP contribution is -2.36. The van der Waals surface area contributed by atoms with Gasteiger partial charge in [0.05, 0.1) is 0 Å². The number of hydrogen-bond acceptors (Lipinski definition) is 2. The molecule has 0 fully saturated rings. The number of rotatable bonds is 7. The molecule has 0 aromatic heterocycles. The van der Waals surface area contributed by atoms with Gasteiger partial charge in [0.15, 0.2) is 6.61 Å². The summed E-state index contributed by atoms with van der Waals surface area (Å²) in [6.07, 6.45) is 1.87. The van der Waals surface area contributed by atoms with E-state index in [0.29, 0.717) is 0 Å². The predicted octanol–water partition coefficient (Wildman–Crippen LogP) is 3.82. The van der Waals surface area contributed by atoms with Crippen molar-refractivity contribution < 1.29 is 9.53 Å². The van der Waals surface area contributed by atoms with Crippen LogP contribution in [0.2, 0.25) is 0 Å². The summed E-state index contributed by atoms with van der Waals surface area (Å²) in [4.78, 5) is 12.0. The molecule has 0 heterocycles. The van der Waals surface area contributed by atoms with E-state index in [4.69, 9.17) is 4.74 Å². The van der Waals surface area contributed by atoms with Gasteiger partial charge in [-0.1, -0.05) is 36.4 Å². The molecule has 2 aromatic carbocycles. The van der Waals surface area contributed by atoms with E-state index in [1.165, 1.54) is 5.56 Å². The average molecular weight is 311 g/mol. The molecule has 0 saturated heterocycles. The van der Waals surface area contributed by atoms with Crippen LogP contribution in [0, 0.1) is 13.8 Å². The molecule has 0 radical (unpaired) electrons. The van der Waals surface area contributed by atoms with Gasteiger partial charge in [0, 0.05) is 6.04 Å². The summed E-state index contributed by atoms with van der Waals surface area (Å²) in [6, 6.07) is 16.4. The first kappa shape index (κ1) is 17.1. The number of aryl methyl sites for hydroxylation is 3. The lowest BCUT2D eigenvalue weighted by molar-refractivity contribution is -0.123. The van der Waals surface area contributed by atoms with Crippen molar-refractivity contribution in [2.45, 2.75) is 39.7 Å². The minimum atomic E-state index is -0.0790. The predicted molar refractivity (Wildman–Crippen MR) is 93.8 cm³/mol. The third-order valence-corrected chi connectivity index (χ3v) is 3.68. The maximum Gasteiger partial charge on any atom is 0.258 e. The van der Waals surface area contributed by atoms with Gasteiger partial charge in [0.25, 0.3) is 5.91 Å². The van der Waals surface area contributed by atoms with E-state index in [-0.39, 0.29) is 18.6 Å². The second-order valence-electron chi connectivity index (χ2n) is 6.10. The molecule has 0 aliphatic carbocycles. The summed E-state index contributed by atoms with van der Waals surface area (Å²) in [5.41, 5.74) is 3.56. The lowest BCUT2D eigenvalue weighted by atomic mass is 10.1. The molecule has 1 atom stereocenters. The molecule has 0 saturated carbocycles. The third-order valence-electron chi connectivity index (χ3n) is 3.68. The van der Waals surface area contributed by atoms with Crippen LogP contribution in [0.15, 0.2) is 48.5 Å². The maximum atomic E-state index is 12.0. The monoisotopic (exact) mass is 311 g/mol. The molecule has 23 heavy (non-hydrogen) atoms. The van der Waals surface area contributed by atoms with E-state index in [9.17, 15) is 4.79 Å². The molecule has 0 spiro atoms. The highest BCUT2D eigenvalue weighted by Crippen LogP contribution is 2.16. The van der Waals surface area contributed by atoms with E-state index in [1.54, 1.807) is 0 Å². The molecule has 3 heteroatoms. The Bertz CT molecular complexity index is 617. The average Bonchev–Trinajstić information content (AvgIpc) is 2.51. The maximum absolute atomic E-state index is 12.0. The number of amides is 1. The van der Waals surface area contributed by atoms with Crippen molar-refractivity contribution in [2.75, 3.05) is 6.61 Å². The van der Waals surface area contributed by atoms with Crippen LogP contribution in [0.4, 0.5) is 0 Å². The fraction of sp³-hybridized carbons (Fsp3) is 0.350. The molecule has 122 valence electrons. The van der Waals surface area contributed by atoms with Crippen LogP contribution in [0.1, 0.15) is 30.0 Å². The van der Waals surface area contributed by atoms with Gasteiger partial charge in [-0.05, 0) is 62.4 Å². The molecule has 2 aromatic rings. The summed E-state index contributed by atoms with van der Waals surface area (Å²) < 4.78 is 5.58. The molecule has 0 aliphatic rings. The summed E-state index contributed by atoms with van der Waals surface area (Å²) in [6.45, 7) is 6.12. The minimum Gasteiger partial charge on any atom is -0.484 e. The van der Waals surface area contributed by atoms with Gasteiger partial charge < -0.3 is 10.1 Å². The fourth-order valence-corrected chi connectivity index (χ4v) is 2.58. The van der Waals surface area contributed by atoms with Crippen LogP contribution in [0.3, 0.4) is 0 Å². The van der Waals surface area contributed by atoms with Crippen molar-refractivity contribution in [3.8, 4) is 5.75 Å². The van der Waals surface area contributed by atoms with E-state index in [1.807, 2.05) is 51.1 Å². The standard InChI is InChI=1S/C20H25NO2/c1-15-11-16(2)13-19(12-15)23-14-20(22)21-17(3)9-10-18-7-5-4-6-8-18/h4-8,11-13,17H,9-10,14H2,1-3H3,(H,21,22). The summed E-state index contributed by atoms with van der Waals surface area (Å²) in [5, 5.41) is 2.99. The Morgan fingerprint density at radius 2 is 1.74 bits per heavy atom. The Hall–Kier alpha value is -2.29. The molecule has 0 bridgehead atoms. The number of carbonyl (C=O) groups excluding carboxylic acids is 1. The van der Waals surface area contributed by atoms with Gasteiger partial charge in [-0.3, -0.25) is 4.79 Å². The first-order valence-electron chi connectivity index (χ1n) is 8.07. The van der Waals surface area contributed by atoms with Gasteiger partial charge in [0.1, 0.15) is 5.75 Å². The number of hydrogen-bond donors (Lipinski definition) is 1. The van der Waals surface area contributed by atoms with Gasteiger partial charge in [-0.15, -0.1) is 0 Å². The van der Waals surface area contributed by atoms with Gasteiger partial charge >= 0.3 is 0 Å². The third kappa shape index (κ3) is 6.15. The molecule has 0 aliphatic heterocycles. The highest BCUT2D eigenvalue weighted by Gasteiger charge is 2.08. The molecule has 1 unspecified atom stereocenters. The minimum absolute atomic E-state index is 0.0541. The van der Waals surface area contributed by atoms with E-state index >= 15 is 0 Å². The van der Waals surface area contributed by atoms with Crippen molar-refractivity contribution in [3.63, 3.8) is 0 Å². The Morgan fingerprint density at radius 3 is 2.39 bits per heavy atom. The van der Waals surface area contributed by atoms with Gasteiger partial charge in [-0.25, -0.2) is 0 Å². The lowest BCUT2D eigenvalue weighted by Gasteiger charge is -2.14. The number of nitrogens with one attached hydrogen (secondary N) is 1. The molecular formula is C20H25NO2. The number of carbonyl (C=O) groups is 1. The topological polar surface area (TPSA) is 38.3 Å². The number of ether oxygens (including phenoxy) is 1. The van der Waals surface area contributed by atoms with E-state index < -0.39 is 0 Å². The zero-order chi connectivity index (χ0) is 16.7. The normalized spacial score (nSPS) is 11.8. The van der Waals surface area contributed by atoms with Crippen LogP contribution in [-0.4, -0.2) is 18.6 Å². The van der Waals surface area contributed by atoms with Gasteiger partial charge in [0.2, 0.25) is 0 Å². The quantitative estimate of drug-likeness (QED) is 0.844. The van der Waals surface area contributed by atoms with Crippen molar-refractivity contribution in [1.29, 1.82) is 0 Å². The fourth-order valence-electron chi connectivity index (χ4n) is 2.58. The Labute approximate surface area is 138 Å². The first-order valence-corrected chi connectivity index (χ1v) is 8.07. The van der Waals surface area contributed by atoms with E-state index in [0.717, 1.165) is 29.7 Å². The Kier molecular flexibility index (Phi) is 6.21. The Balaban J connectivity index is 1.73. The van der Waals surface area contributed by atoms with Crippen molar-refractivity contribution in [3.05, 3.63) is 65.2 Å². The van der Waals surface area contributed by atoms with Crippen LogP contribution < -0.4 is 10.1 Å². The van der Waals surface area contributed by atoms with Crippen molar-refractivity contribution in [2.24, 2.45) is 0 Å². The van der Waals surface area contributed by atoms with Crippen LogP contribution in [0.5, 0.6) is 5.75 Å². The van der Waals surface area contributed by atoms with E-state index in [2.05, 4.69) is 23.5 Å². The second-order valence-corrected chi connectivity index (χ2v) is 6.10. The highest BCUT2D eigenvalue weighted by atomic mass is 16.5. The zero-order valence-corrected chi connectivity index (χ0v) is 14.1. The molecule has 2 rings (SSSR count). The highest BCUT2D eigenvalue weighted by molar-refractivity contribution is 5.77. The smallest absolute Gasteiger partial charge is 0.258 e. The second kappa shape index (κ2) is 8.37.